The van der Waals surface area contributed by atoms with E-state index >= 15 is 0 Å². The lowest BCUT2D eigenvalue weighted by molar-refractivity contribution is 0.0734. The monoisotopic (exact) mass is 470 g/mol. The van der Waals surface area contributed by atoms with Crippen molar-refractivity contribution >= 4 is 34.0 Å². The fraction of sp³-hybridized carbons (Fsp3) is 0.136. The van der Waals surface area contributed by atoms with Crippen LogP contribution in [0, 0.1) is 0 Å². The molecule has 0 aliphatic heterocycles. The Morgan fingerprint density at radius 3 is 2.37 bits per heavy atom. The Hall–Kier alpha value is -3.39. The summed E-state index contributed by atoms with van der Waals surface area (Å²) in [6.45, 7) is 2.66. The smallest absolute Gasteiger partial charge is 0.343 e. The maximum absolute atomic E-state index is 12.3. The van der Waals surface area contributed by atoms with E-state index in [1.165, 1.54) is 12.3 Å². The Bertz CT molecular complexity index is 1030. The van der Waals surface area contributed by atoms with Crippen molar-refractivity contribution in [2.75, 3.05) is 6.61 Å². The van der Waals surface area contributed by atoms with Gasteiger partial charge in [0.05, 0.1) is 18.4 Å². The van der Waals surface area contributed by atoms with E-state index in [1.54, 1.807) is 54.6 Å². The van der Waals surface area contributed by atoms with Crippen molar-refractivity contribution in [1.29, 1.82) is 0 Å². The standard InChI is InChI=1S/C22H19BrN2O5/c1-2-13-28-17-9-5-16(6-10-17)22(27)29-18-7-3-15(4-8-18)14-24-25-21(26)19-11-12-20(23)30-19/h3-12,14H,2,13H2,1H3,(H,25,26)/b24-14-. The van der Waals surface area contributed by atoms with Gasteiger partial charge in [0.1, 0.15) is 11.5 Å². The predicted octanol–water partition coefficient (Wildman–Crippen LogP) is 4.81. The van der Waals surface area contributed by atoms with E-state index in [4.69, 9.17) is 13.9 Å². The Morgan fingerprint density at radius 1 is 1.03 bits per heavy atom. The SMILES string of the molecule is CCCOc1ccc(C(=O)Oc2ccc(/C=N\NC(=O)c3ccc(Br)o3)cc2)cc1. The highest BCUT2D eigenvalue weighted by molar-refractivity contribution is 9.10. The molecule has 8 heteroatoms. The molecule has 0 saturated heterocycles. The number of carbonyl (C=O) groups is 2. The summed E-state index contributed by atoms with van der Waals surface area (Å²) in [4.78, 5) is 24.1. The number of hydrogen-bond acceptors (Lipinski definition) is 6. The van der Waals surface area contributed by atoms with Gasteiger partial charge < -0.3 is 13.9 Å². The first-order chi connectivity index (χ1) is 14.5. The van der Waals surface area contributed by atoms with Gasteiger partial charge in [0.2, 0.25) is 0 Å². The topological polar surface area (TPSA) is 90.1 Å². The molecule has 1 amide bonds. The number of hydrogen-bond donors (Lipinski definition) is 1. The fourth-order valence-corrected chi connectivity index (χ4v) is 2.66. The van der Waals surface area contributed by atoms with Crippen LogP contribution in [0.3, 0.4) is 0 Å². The van der Waals surface area contributed by atoms with Gasteiger partial charge in [0.25, 0.3) is 0 Å². The molecule has 0 spiro atoms. The molecular weight excluding hydrogens is 452 g/mol. The third-order valence-corrected chi connectivity index (χ3v) is 4.26. The molecule has 1 aromatic heterocycles. The molecule has 7 nitrogen and oxygen atoms in total. The van der Waals surface area contributed by atoms with E-state index in [9.17, 15) is 9.59 Å². The van der Waals surface area contributed by atoms with Crippen molar-refractivity contribution in [3.8, 4) is 11.5 Å². The van der Waals surface area contributed by atoms with Crippen LogP contribution in [-0.4, -0.2) is 24.7 Å². The minimum atomic E-state index is -0.464. The van der Waals surface area contributed by atoms with Gasteiger partial charge in [0, 0.05) is 0 Å². The van der Waals surface area contributed by atoms with Crippen molar-refractivity contribution in [3.63, 3.8) is 0 Å². The summed E-state index contributed by atoms with van der Waals surface area (Å²) in [6, 6.07) is 16.7. The van der Waals surface area contributed by atoms with Gasteiger partial charge in [-0.2, -0.15) is 5.10 Å². The first-order valence-corrected chi connectivity index (χ1v) is 9.98. The van der Waals surface area contributed by atoms with E-state index in [-0.39, 0.29) is 5.76 Å². The van der Waals surface area contributed by atoms with Gasteiger partial charge in [-0.15, -0.1) is 0 Å². The van der Waals surface area contributed by atoms with Crippen LogP contribution in [-0.2, 0) is 0 Å². The van der Waals surface area contributed by atoms with Gasteiger partial charge in [-0.3, -0.25) is 4.79 Å². The number of furan rings is 1. The first kappa shape index (κ1) is 21.3. The Morgan fingerprint density at radius 2 is 1.73 bits per heavy atom. The summed E-state index contributed by atoms with van der Waals surface area (Å²) in [5.74, 6) is 0.326. The molecule has 1 N–H and O–H groups in total. The second kappa shape index (κ2) is 10.4. The molecule has 0 unspecified atom stereocenters. The zero-order chi connectivity index (χ0) is 21.3. The van der Waals surface area contributed by atoms with Crippen LogP contribution in [0.2, 0.25) is 0 Å². The number of hydrazone groups is 1. The number of benzene rings is 2. The molecule has 3 rings (SSSR count). The van der Waals surface area contributed by atoms with E-state index in [0.717, 1.165) is 6.42 Å². The molecule has 30 heavy (non-hydrogen) atoms. The number of amides is 1. The fourth-order valence-electron chi connectivity index (χ4n) is 2.35. The van der Waals surface area contributed by atoms with Crippen molar-refractivity contribution in [1.82, 2.24) is 5.43 Å². The van der Waals surface area contributed by atoms with Crippen LogP contribution in [0.5, 0.6) is 11.5 Å². The summed E-state index contributed by atoms with van der Waals surface area (Å²) in [5.41, 5.74) is 3.51. The molecule has 154 valence electrons. The highest BCUT2D eigenvalue weighted by atomic mass is 79.9. The van der Waals surface area contributed by atoms with Gasteiger partial charge in [-0.05, 0) is 88.6 Å². The number of esters is 1. The third kappa shape index (κ3) is 6.05. The molecule has 2 aromatic carbocycles. The van der Waals surface area contributed by atoms with Gasteiger partial charge in [0.15, 0.2) is 10.4 Å². The number of ether oxygens (including phenoxy) is 2. The zero-order valence-corrected chi connectivity index (χ0v) is 17.7. The number of rotatable bonds is 8. The van der Waals surface area contributed by atoms with E-state index in [2.05, 4.69) is 26.5 Å². The predicted molar refractivity (Wildman–Crippen MR) is 115 cm³/mol. The van der Waals surface area contributed by atoms with E-state index in [1.807, 2.05) is 6.92 Å². The lowest BCUT2D eigenvalue weighted by atomic mass is 10.2. The zero-order valence-electron chi connectivity index (χ0n) is 16.1. The van der Waals surface area contributed by atoms with Crippen LogP contribution in [0.4, 0.5) is 0 Å². The number of nitrogens with one attached hydrogen (secondary N) is 1. The Balaban J connectivity index is 1.52. The highest BCUT2D eigenvalue weighted by Gasteiger charge is 2.10. The Kier molecular flexibility index (Phi) is 7.40. The van der Waals surface area contributed by atoms with Crippen LogP contribution in [0.1, 0.15) is 39.8 Å². The summed E-state index contributed by atoms with van der Waals surface area (Å²) in [6.07, 6.45) is 2.38. The largest absolute Gasteiger partial charge is 0.494 e. The number of nitrogens with zero attached hydrogens (tertiary/aromatic N) is 1. The number of halogens is 1. The molecule has 0 saturated carbocycles. The number of carbonyl (C=O) groups excluding carboxylic acids is 2. The van der Waals surface area contributed by atoms with Gasteiger partial charge in [-0.25, -0.2) is 10.2 Å². The third-order valence-electron chi connectivity index (χ3n) is 3.83. The van der Waals surface area contributed by atoms with Crippen LogP contribution in [0.15, 0.2) is 74.9 Å². The minimum absolute atomic E-state index is 0.145. The lowest BCUT2D eigenvalue weighted by Gasteiger charge is -2.07. The molecule has 0 aliphatic carbocycles. The molecule has 3 aromatic rings. The molecule has 0 aliphatic rings. The first-order valence-electron chi connectivity index (χ1n) is 9.19. The normalized spacial score (nSPS) is 10.7. The maximum Gasteiger partial charge on any atom is 0.343 e. The van der Waals surface area contributed by atoms with Crippen molar-refractivity contribution < 1.29 is 23.5 Å². The van der Waals surface area contributed by atoms with Crippen molar-refractivity contribution in [3.05, 3.63) is 82.2 Å². The van der Waals surface area contributed by atoms with Gasteiger partial charge >= 0.3 is 11.9 Å². The van der Waals surface area contributed by atoms with Crippen LogP contribution < -0.4 is 14.9 Å². The molecule has 0 fully saturated rings. The van der Waals surface area contributed by atoms with E-state index < -0.39 is 11.9 Å². The summed E-state index contributed by atoms with van der Waals surface area (Å²) in [7, 11) is 0. The van der Waals surface area contributed by atoms with E-state index in [0.29, 0.717) is 33.9 Å². The average molecular weight is 471 g/mol. The molecule has 1 heterocycles. The second-order valence-electron chi connectivity index (χ2n) is 6.13. The molecule has 0 radical (unpaired) electrons. The maximum atomic E-state index is 12.3. The highest BCUT2D eigenvalue weighted by Crippen LogP contribution is 2.17. The van der Waals surface area contributed by atoms with Crippen LogP contribution >= 0.6 is 15.9 Å². The van der Waals surface area contributed by atoms with Crippen LogP contribution in [0.25, 0.3) is 0 Å². The van der Waals surface area contributed by atoms with Gasteiger partial charge in [-0.1, -0.05) is 6.92 Å². The molecule has 0 bridgehead atoms. The van der Waals surface area contributed by atoms with Crippen molar-refractivity contribution in [2.24, 2.45) is 5.10 Å². The molecular formula is C22H19BrN2O5. The summed E-state index contributed by atoms with van der Waals surface area (Å²) >= 11 is 3.13. The lowest BCUT2D eigenvalue weighted by Crippen LogP contribution is -2.16. The summed E-state index contributed by atoms with van der Waals surface area (Å²) < 4.78 is 16.5. The minimum Gasteiger partial charge on any atom is -0.494 e. The van der Waals surface area contributed by atoms with Crippen molar-refractivity contribution in [2.45, 2.75) is 13.3 Å². The molecule has 0 atom stereocenters. The quantitative estimate of drug-likeness (QED) is 0.220. The average Bonchev–Trinajstić information content (AvgIpc) is 3.20. The summed E-state index contributed by atoms with van der Waals surface area (Å²) in [5, 5.41) is 3.88. The second-order valence-corrected chi connectivity index (χ2v) is 6.92. The Labute approximate surface area is 181 Å².